The van der Waals surface area contributed by atoms with E-state index in [9.17, 15) is 0 Å². The van der Waals surface area contributed by atoms with E-state index in [0.29, 0.717) is 6.61 Å². The molecule has 0 N–H and O–H groups in total. The lowest BCUT2D eigenvalue weighted by molar-refractivity contribution is 0.283. The molecule has 0 aliphatic carbocycles. The first-order valence-electron chi connectivity index (χ1n) is 10.5. The molecule has 0 aliphatic heterocycles. The van der Waals surface area contributed by atoms with E-state index in [1.807, 2.05) is 25.1 Å². The average molecular weight is 408 g/mol. The number of hydrogen-bond acceptors (Lipinski definition) is 2. The maximum Gasteiger partial charge on any atom is 0.169 e. The van der Waals surface area contributed by atoms with Crippen LogP contribution in [0.25, 0.3) is 22.3 Å². The lowest BCUT2D eigenvalue weighted by Crippen LogP contribution is -2.02. The molecule has 0 saturated heterocycles. The quantitative estimate of drug-likeness (QED) is 0.333. The van der Waals surface area contributed by atoms with Gasteiger partial charge in [0.2, 0.25) is 0 Å². The molecule has 0 atom stereocenters. The predicted octanol–water partition coefficient (Wildman–Crippen LogP) is 7.33. The first-order chi connectivity index (χ1) is 15.1. The second kappa shape index (κ2) is 9.09. The van der Waals surface area contributed by atoms with Crippen LogP contribution in [-0.4, -0.2) is 7.11 Å². The second-order valence-electron chi connectivity index (χ2n) is 7.87. The predicted molar refractivity (Wildman–Crippen MR) is 128 cm³/mol. The van der Waals surface area contributed by atoms with E-state index in [4.69, 9.17) is 9.47 Å². The number of hydrogen-bond donors (Lipinski definition) is 0. The highest BCUT2D eigenvalue weighted by atomic mass is 16.5. The molecule has 0 aliphatic rings. The van der Waals surface area contributed by atoms with Gasteiger partial charge in [0.1, 0.15) is 6.61 Å². The van der Waals surface area contributed by atoms with Gasteiger partial charge in [0.15, 0.2) is 11.5 Å². The van der Waals surface area contributed by atoms with Crippen LogP contribution in [0.2, 0.25) is 0 Å². The molecule has 0 fully saturated rings. The van der Waals surface area contributed by atoms with E-state index in [1.54, 1.807) is 7.11 Å². The number of benzene rings is 4. The fourth-order valence-electron chi connectivity index (χ4n) is 3.73. The van der Waals surface area contributed by atoms with Crippen LogP contribution in [0.3, 0.4) is 0 Å². The summed E-state index contributed by atoms with van der Waals surface area (Å²) in [5.41, 5.74) is 8.70. The van der Waals surface area contributed by atoms with Crippen LogP contribution in [0.4, 0.5) is 0 Å². The number of ether oxygens (including phenoxy) is 2. The van der Waals surface area contributed by atoms with Crippen molar-refractivity contribution in [1.82, 2.24) is 0 Å². The summed E-state index contributed by atoms with van der Waals surface area (Å²) in [5, 5.41) is 0. The van der Waals surface area contributed by atoms with Crippen molar-refractivity contribution in [2.45, 2.75) is 27.4 Å². The van der Waals surface area contributed by atoms with E-state index in [2.05, 4.69) is 80.6 Å². The molecular weight excluding hydrogens is 380 g/mol. The highest BCUT2D eigenvalue weighted by molar-refractivity contribution is 5.90. The minimum Gasteiger partial charge on any atom is -0.492 e. The monoisotopic (exact) mass is 407 g/mol. The fraction of sp³-hybridized carbons (Fsp3) is 0.172. The molecule has 0 bridgehead atoms. The Labute approximate surface area is 185 Å². The molecule has 31 heavy (non-hydrogen) atoms. The Morgan fingerprint density at radius 3 is 1.84 bits per heavy atom. The molecule has 4 aromatic carbocycles. The Balaban J connectivity index is 1.88. The zero-order valence-corrected chi connectivity index (χ0v) is 18.5. The second-order valence-corrected chi connectivity index (χ2v) is 7.87. The van der Waals surface area contributed by atoms with Crippen molar-refractivity contribution in [3.05, 3.63) is 107 Å². The summed E-state index contributed by atoms with van der Waals surface area (Å²) < 4.78 is 12.3. The maximum absolute atomic E-state index is 6.28. The van der Waals surface area contributed by atoms with Crippen LogP contribution in [0.5, 0.6) is 11.5 Å². The summed E-state index contributed by atoms with van der Waals surface area (Å²) in [4.78, 5) is 0. The highest BCUT2D eigenvalue weighted by Gasteiger charge is 2.21. The molecule has 0 amide bonds. The lowest BCUT2D eigenvalue weighted by atomic mass is 9.90. The van der Waals surface area contributed by atoms with Gasteiger partial charge in [0.25, 0.3) is 0 Å². The third-order valence-electron chi connectivity index (χ3n) is 5.45. The molecule has 4 rings (SSSR count). The fourth-order valence-corrected chi connectivity index (χ4v) is 3.73. The van der Waals surface area contributed by atoms with Crippen LogP contribution in [0, 0.1) is 26.8 Å². The summed E-state index contributed by atoms with van der Waals surface area (Å²) in [6.07, 6.45) is 0. The molecule has 1 radical (unpaired) electrons. The van der Waals surface area contributed by atoms with E-state index < -0.39 is 0 Å². The van der Waals surface area contributed by atoms with Crippen molar-refractivity contribution in [1.29, 1.82) is 0 Å². The first-order valence-corrected chi connectivity index (χ1v) is 10.5. The van der Waals surface area contributed by atoms with E-state index in [0.717, 1.165) is 44.9 Å². The van der Waals surface area contributed by atoms with E-state index in [-0.39, 0.29) is 0 Å². The van der Waals surface area contributed by atoms with Crippen LogP contribution in [-0.2, 0) is 6.61 Å². The summed E-state index contributed by atoms with van der Waals surface area (Å²) in [6.45, 7) is 6.70. The Morgan fingerprint density at radius 2 is 1.26 bits per heavy atom. The summed E-state index contributed by atoms with van der Waals surface area (Å²) >= 11 is 0. The van der Waals surface area contributed by atoms with Crippen molar-refractivity contribution in [2.75, 3.05) is 7.11 Å². The Hall–Kier alpha value is -3.52. The van der Waals surface area contributed by atoms with Gasteiger partial charge in [-0.25, -0.2) is 0 Å². The maximum atomic E-state index is 6.28. The molecule has 155 valence electrons. The third-order valence-corrected chi connectivity index (χ3v) is 5.45. The van der Waals surface area contributed by atoms with Gasteiger partial charge in [0.05, 0.1) is 7.11 Å². The Kier molecular flexibility index (Phi) is 6.08. The molecule has 0 aromatic heterocycles. The van der Waals surface area contributed by atoms with Gasteiger partial charge in [-0.1, -0.05) is 90.0 Å². The molecule has 2 nitrogen and oxygen atoms in total. The molecule has 2 heteroatoms. The standard InChI is InChI=1S/C29H27O2/c1-20-10-14-24(15-11-20)26-18-22(3)28(31-19-23-8-6-5-7-9-23)29(30-4)27(26)25-16-12-21(2)13-17-25/h5-17H,19H2,1-4H3. The minimum absolute atomic E-state index is 0.475. The van der Waals surface area contributed by atoms with Crippen LogP contribution >= 0.6 is 0 Å². The Bertz CT molecular complexity index is 1160. The van der Waals surface area contributed by atoms with Gasteiger partial charge < -0.3 is 9.47 Å². The molecular formula is C29H27O2. The van der Waals surface area contributed by atoms with Gasteiger partial charge in [0, 0.05) is 16.7 Å². The first kappa shape index (κ1) is 20.7. The average Bonchev–Trinajstić information content (AvgIpc) is 2.79. The lowest BCUT2D eigenvalue weighted by Gasteiger charge is -2.21. The van der Waals surface area contributed by atoms with Crippen molar-refractivity contribution < 1.29 is 9.47 Å². The topological polar surface area (TPSA) is 18.5 Å². The van der Waals surface area contributed by atoms with E-state index >= 15 is 0 Å². The summed E-state index contributed by atoms with van der Waals surface area (Å²) in [7, 11) is 1.71. The smallest absolute Gasteiger partial charge is 0.169 e. The minimum atomic E-state index is 0.475. The van der Waals surface area contributed by atoms with Crippen molar-refractivity contribution >= 4 is 0 Å². The van der Waals surface area contributed by atoms with Crippen molar-refractivity contribution in [3.63, 3.8) is 0 Å². The number of rotatable bonds is 6. The number of aryl methyl sites for hydroxylation is 3. The third kappa shape index (κ3) is 4.49. The zero-order chi connectivity index (χ0) is 21.8. The van der Waals surface area contributed by atoms with Gasteiger partial charge >= 0.3 is 0 Å². The highest BCUT2D eigenvalue weighted by Crippen LogP contribution is 2.46. The van der Waals surface area contributed by atoms with E-state index in [1.165, 1.54) is 11.1 Å². The van der Waals surface area contributed by atoms with Crippen molar-refractivity contribution in [3.8, 4) is 33.8 Å². The van der Waals surface area contributed by atoms with Gasteiger partial charge in [-0.15, -0.1) is 0 Å². The van der Waals surface area contributed by atoms with Gasteiger partial charge in [-0.05, 0) is 43.5 Å². The van der Waals surface area contributed by atoms with Gasteiger partial charge in [-0.2, -0.15) is 0 Å². The summed E-state index contributed by atoms with van der Waals surface area (Å²) in [5.74, 6) is 1.48. The largest absolute Gasteiger partial charge is 0.492 e. The van der Waals surface area contributed by atoms with Gasteiger partial charge in [-0.3, -0.25) is 0 Å². The molecule has 0 heterocycles. The molecule has 0 spiro atoms. The Morgan fingerprint density at radius 1 is 0.677 bits per heavy atom. The number of methoxy groups -OCH3 is 1. The van der Waals surface area contributed by atoms with Crippen LogP contribution in [0.1, 0.15) is 22.3 Å². The molecule has 4 aromatic rings. The SMILES string of the molecule is COc1c(OCc2ccccc2)c(C)[c]c(-c2ccc(C)cc2)c1-c1ccc(C)cc1. The van der Waals surface area contributed by atoms with Crippen LogP contribution < -0.4 is 9.47 Å². The molecule has 0 unspecified atom stereocenters. The van der Waals surface area contributed by atoms with Crippen molar-refractivity contribution in [2.24, 2.45) is 0 Å². The summed E-state index contributed by atoms with van der Waals surface area (Å²) in [6, 6.07) is 30.8. The van der Waals surface area contributed by atoms with Crippen LogP contribution in [0.15, 0.2) is 78.9 Å². The zero-order valence-electron chi connectivity index (χ0n) is 18.5. The molecule has 0 saturated carbocycles. The normalized spacial score (nSPS) is 10.7.